The van der Waals surface area contributed by atoms with E-state index in [1.165, 1.54) is 22.7 Å². The van der Waals surface area contributed by atoms with Crippen LogP contribution in [0.4, 0.5) is 5.13 Å². The molecule has 0 spiro atoms. The third kappa shape index (κ3) is 2.88. The molecule has 21 heavy (non-hydrogen) atoms. The van der Waals surface area contributed by atoms with Crippen LogP contribution in [-0.4, -0.2) is 15.9 Å². The van der Waals surface area contributed by atoms with E-state index in [0.717, 1.165) is 16.3 Å². The molecular formula is C14H13N3O2S2. The Morgan fingerprint density at radius 1 is 1.24 bits per heavy atom. The molecular weight excluding hydrogens is 306 g/mol. The molecule has 3 rings (SSSR count). The van der Waals surface area contributed by atoms with Crippen LogP contribution in [0.2, 0.25) is 0 Å². The van der Waals surface area contributed by atoms with Crippen molar-refractivity contribution in [3.8, 4) is 10.8 Å². The molecule has 1 amide bonds. The van der Waals surface area contributed by atoms with Gasteiger partial charge in [0, 0.05) is 10.3 Å². The molecule has 0 atom stereocenters. The minimum atomic E-state index is -0.255. The lowest BCUT2D eigenvalue weighted by Gasteiger charge is -1.97. The third-order valence-corrected chi connectivity index (χ3v) is 4.78. The molecule has 0 aliphatic rings. The van der Waals surface area contributed by atoms with E-state index in [4.69, 9.17) is 4.42 Å². The van der Waals surface area contributed by atoms with Gasteiger partial charge in [0.05, 0.1) is 5.69 Å². The summed E-state index contributed by atoms with van der Waals surface area (Å²) in [6.45, 7) is 5.77. The Balaban J connectivity index is 1.78. The maximum absolute atomic E-state index is 12.2. The Labute approximate surface area is 129 Å². The minimum absolute atomic E-state index is 0.255. The summed E-state index contributed by atoms with van der Waals surface area (Å²) in [7, 11) is 0. The van der Waals surface area contributed by atoms with E-state index in [1.807, 2.05) is 32.9 Å². The fourth-order valence-electron chi connectivity index (χ4n) is 1.73. The molecule has 0 fully saturated rings. The number of hydrogen-bond donors (Lipinski definition) is 1. The number of thiazole rings is 2. The highest BCUT2D eigenvalue weighted by Crippen LogP contribution is 2.26. The van der Waals surface area contributed by atoms with Gasteiger partial charge in [0.2, 0.25) is 0 Å². The van der Waals surface area contributed by atoms with Crippen LogP contribution in [0.25, 0.3) is 10.8 Å². The monoisotopic (exact) mass is 319 g/mol. The molecule has 0 bridgehead atoms. The summed E-state index contributed by atoms with van der Waals surface area (Å²) in [5.74, 6) is 1.24. The van der Waals surface area contributed by atoms with Gasteiger partial charge in [-0.15, -0.1) is 22.7 Å². The van der Waals surface area contributed by atoms with Crippen molar-refractivity contribution in [2.45, 2.75) is 20.8 Å². The van der Waals surface area contributed by atoms with Gasteiger partial charge in [-0.2, -0.15) is 0 Å². The Bertz CT molecular complexity index is 781. The number of hydrogen-bond acceptors (Lipinski definition) is 6. The van der Waals surface area contributed by atoms with E-state index in [0.29, 0.717) is 21.6 Å². The zero-order valence-corrected chi connectivity index (χ0v) is 13.4. The topological polar surface area (TPSA) is 68.0 Å². The summed E-state index contributed by atoms with van der Waals surface area (Å²) in [4.78, 5) is 21.8. The highest BCUT2D eigenvalue weighted by Gasteiger charge is 2.15. The van der Waals surface area contributed by atoms with Crippen molar-refractivity contribution in [3.63, 3.8) is 0 Å². The van der Waals surface area contributed by atoms with Crippen molar-refractivity contribution in [2.75, 3.05) is 5.32 Å². The SMILES string of the molecule is Cc1ccc(-c2nc(C(=O)Nc3nc(C)c(C)s3)cs2)o1. The molecule has 7 heteroatoms. The van der Waals surface area contributed by atoms with Crippen LogP contribution >= 0.6 is 22.7 Å². The van der Waals surface area contributed by atoms with E-state index in [1.54, 1.807) is 5.38 Å². The molecule has 3 aromatic heterocycles. The Kier molecular flexibility index (Phi) is 3.60. The van der Waals surface area contributed by atoms with Gasteiger partial charge < -0.3 is 4.42 Å². The van der Waals surface area contributed by atoms with Crippen molar-refractivity contribution >= 4 is 33.7 Å². The maximum Gasteiger partial charge on any atom is 0.276 e. The van der Waals surface area contributed by atoms with Crippen molar-refractivity contribution in [1.29, 1.82) is 0 Å². The first kappa shape index (κ1) is 14.0. The zero-order chi connectivity index (χ0) is 15.0. The lowest BCUT2D eigenvalue weighted by atomic mass is 10.4. The number of nitrogens with zero attached hydrogens (tertiary/aromatic N) is 2. The number of rotatable bonds is 3. The highest BCUT2D eigenvalue weighted by molar-refractivity contribution is 7.16. The average molecular weight is 319 g/mol. The highest BCUT2D eigenvalue weighted by atomic mass is 32.1. The molecule has 0 saturated carbocycles. The van der Waals surface area contributed by atoms with Crippen LogP contribution in [0.3, 0.4) is 0 Å². The molecule has 1 N–H and O–H groups in total. The first-order valence-corrected chi connectivity index (χ1v) is 8.00. The van der Waals surface area contributed by atoms with Gasteiger partial charge in [-0.25, -0.2) is 9.97 Å². The van der Waals surface area contributed by atoms with Gasteiger partial charge in [0.1, 0.15) is 11.5 Å². The maximum atomic E-state index is 12.2. The number of amides is 1. The van der Waals surface area contributed by atoms with Crippen molar-refractivity contribution in [1.82, 2.24) is 9.97 Å². The number of aromatic nitrogens is 2. The summed E-state index contributed by atoms with van der Waals surface area (Å²) < 4.78 is 5.51. The van der Waals surface area contributed by atoms with E-state index in [2.05, 4.69) is 15.3 Å². The molecule has 5 nitrogen and oxygen atoms in total. The Morgan fingerprint density at radius 2 is 2.05 bits per heavy atom. The summed E-state index contributed by atoms with van der Waals surface area (Å²) in [5.41, 5.74) is 1.30. The summed E-state index contributed by atoms with van der Waals surface area (Å²) in [5, 5.41) is 5.78. The second kappa shape index (κ2) is 5.42. The second-order valence-corrected chi connectivity index (χ2v) is 6.62. The first-order chi connectivity index (χ1) is 10.0. The van der Waals surface area contributed by atoms with Crippen LogP contribution < -0.4 is 5.32 Å². The molecule has 108 valence electrons. The molecule has 0 aromatic carbocycles. The number of furan rings is 1. The first-order valence-electron chi connectivity index (χ1n) is 6.30. The van der Waals surface area contributed by atoms with E-state index < -0.39 is 0 Å². The molecule has 0 unspecified atom stereocenters. The smallest absolute Gasteiger partial charge is 0.276 e. The average Bonchev–Trinajstić information content (AvgIpc) is 3.11. The van der Waals surface area contributed by atoms with E-state index >= 15 is 0 Å². The fraction of sp³-hybridized carbons (Fsp3) is 0.214. The Hall–Kier alpha value is -1.99. The molecule has 0 saturated heterocycles. The standard InChI is InChI=1S/C14H13N3O2S2/c1-7-4-5-11(19-7)13-16-10(6-20-13)12(18)17-14-15-8(2)9(3)21-14/h4-6H,1-3H3,(H,15,17,18). The number of anilines is 1. The molecule has 3 aromatic rings. The van der Waals surface area contributed by atoms with Crippen LogP contribution in [0, 0.1) is 20.8 Å². The normalized spacial score (nSPS) is 10.8. The summed E-state index contributed by atoms with van der Waals surface area (Å²) >= 11 is 2.84. The minimum Gasteiger partial charge on any atom is -0.459 e. The van der Waals surface area contributed by atoms with Gasteiger partial charge in [0.25, 0.3) is 5.91 Å². The van der Waals surface area contributed by atoms with Gasteiger partial charge in [0.15, 0.2) is 15.9 Å². The van der Waals surface area contributed by atoms with Gasteiger partial charge >= 0.3 is 0 Å². The van der Waals surface area contributed by atoms with Crippen molar-refractivity contribution in [3.05, 3.63) is 39.5 Å². The lowest BCUT2D eigenvalue weighted by Crippen LogP contribution is -2.12. The van der Waals surface area contributed by atoms with E-state index in [-0.39, 0.29) is 5.91 Å². The zero-order valence-electron chi connectivity index (χ0n) is 11.8. The van der Waals surface area contributed by atoms with Gasteiger partial charge in [-0.1, -0.05) is 0 Å². The molecule has 0 aliphatic heterocycles. The van der Waals surface area contributed by atoms with E-state index in [9.17, 15) is 4.79 Å². The number of carbonyl (C=O) groups excluding carboxylic acids is 1. The van der Waals surface area contributed by atoms with Gasteiger partial charge in [-0.05, 0) is 32.9 Å². The number of carbonyl (C=O) groups is 1. The van der Waals surface area contributed by atoms with Crippen molar-refractivity contribution in [2.24, 2.45) is 0 Å². The molecule has 0 aliphatic carbocycles. The third-order valence-electron chi connectivity index (χ3n) is 2.94. The van der Waals surface area contributed by atoms with Gasteiger partial charge in [-0.3, -0.25) is 10.1 Å². The fourth-order valence-corrected chi connectivity index (χ4v) is 3.30. The second-order valence-electron chi connectivity index (χ2n) is 4.56. The van der Waals surface area contributed by atoms with Crippen LogP contribution in [0.15, 0.2) is 21.9 Å². The molecule has 0 radical (unpaired) electrons. The Morgan fingerprint density at radius 3 is 2.67 bits per heavy atom. The van der Waals surface area contributed by atoms with Crippen molar-refractivity contribution < 1.29 is 9.21 Å². The molecule has 3 heterocycles. The number of nitrogens with one attached hydrogen (secondary N) is 1. The predicted molar refractivity (Wildman–Crippen MR) is 84.1 cm³/mol. The largest absolute Gasteiger partial charge is 0.459 e. The van der Waals surface area contributed by atoms with Crippen LogP contribution in [0.5, 0.6) is 0 Å². The lowest BCUT2D eigenvalue weighted by molar-refractivity contribution is 0.102. The number of aryl methyl sites for hydroxylation is 3. The quantitative estimate of drug-likeness (QED) is 0.791. The predicted octanol–water partition coefficient (Wildman–Crippen LogP) is 4.04. The summed E-state index contributed by atoms with van der Waals surface area (Å²) in [6.07, 6.45) is 0. The van der Waals surface area contributed by atoms with Crippen LogP contribution in [0.1, 0.15) is 26.8 Å². The summed E-state index contributed by atoms with van der Waals surface area (Å²) in [6, 6.07) is 3.72. The van der Waals surface area contributed by atoms with Crippen LogP contribution in [-0.2, 0) is 0 Å².